The van der Waals surface area contributed by atoms with Crippen molar-refractivity contribution in [1.82, 2.24) is 14.0 Å². The van der Waals surface area contributed by atoms with Crippen LogP contribution in [-0.2, 0) is 19.4 Å². The first-order valence-corrected chi connectivity index (χ1v) is 14.3. The molecule has 5 heteroatoms. The predicted molar refractivity (Wildman–Crippen MR) is 155 cm³/mol. The van der Waals surface area contributed by atoms with Crippen molar-refractivity contribution in [1.29, 1.82) is 0 Å². The summed E-state index contributed by atoms with van der Waals surface area (Å²) in [6.45, 7) is 4.05. The summed E-state index contributed by atoms with van der Waals surface area (Å²) in [6, 6.07) is 27.5. The van der Waals surface area contributed by atoms with Crippen LogP contribution in [0.1, 0.15) is 55.7 Å². The first-order valence-electron chi connectivity index (χ1n) is 13.9. The van der Waals surface area contributed by atoms with Gasteiger partial charge in [-0.05, 0) is 93.3 Å². The molecular weight excluding hydrogens is 478 g/mol. The third kappa shape index (κ3) is 6.55. The standard InChI is InChI=1S/C32H38ClN3O/c33-28-16-10-15-27(25-28)14-7-9-22-35-30-17-4-5-18-31(30)36(32(35)37)29-19-23-34(24-20-29)21-8-6-13-26-11-2-1-3-12-26/h1-5,10-12,15-18,25,29H,6-9,13-14,19-24H2. The van der Waals surface area contributed by atoms with Crippen LogP contribution in [0, 0.1) is 0 Å². The molecule has 0 unspecified atom stereocenters. The number of fused-ring (bicyclic) bond motifs is 1. The molecule has 5 rings (SSSR count). The molecule has 1 saturated heterocycles. The second-order valence-corrected chi connectivity index (χ2v) is 10.8. The molecule has 4 nitrogen and oxygen atoms in total. The smallest absolute Gasteiger partial charge is 0.303 e. The van der Waals surface area contributed by atoms with E-state index in [-0.39, 0.29) is 11.7 Å². The topological polar surface area (TPSA) is 30.2 Å². The number of likely N-dealkylation sites (tertiary alicyclic amines) is 1. The van der Waals surface area contributed by atoms with Gasteiger partial charge in [-0.1, -0.05) is 66.2 Å². The van der Waals surface area contributed by atoms with Crippen LogP contribution in [0.15, 0.2) is 83.7 Å². The number of unbranched alkanes of at least 4 members (excludes halogenated alkanes) is 2. The van der Waals surface area contributed by atoms with Crippen LogP contribution in [-0.4, -0.2) is 33.7 Å². The molecule has 0 saturated carbocycles. The summed E-state index contributed by atoms with van der Waals surface area (Å²) in [5.74, 6) is 0. The SMILES string of the molecule is O=c1n(CCCCc2cccc(Cl)c2)c2ccccc2n1C1CCN(CCCCc2ccccc2)CC1. The summed E-state index contributed by atoms with van der Waals surface area (Å²) in [7, 11) is 0. The van der Waals surface area contributed by atoms with Gasteiger partial charge >= 0.3 is 5.69 Å². The highest BCUT2D eigenvalue weighted by atomic mass is 35.5. The zero-order valence-electron chi connectivity index (χ0n) is 21.7. The van der Waals surface area contributed by atoms with E-state index in [4.69, 9.17) is 11.6 Å². The molecule has 1 aliphatic rings. The maximum Gasteiger partial charge on any atom is 0.329 e. The quantitative estimate of drug-likeness (QED) is 0.199. The van der Waals surface area contributed by atoms with Crippen molar-refractivity contribution >= 4 is 22.6 Å². The van der Waals surface area contributed by atoms with Crippen LogP contribution in [0.3, 0.4) is 0 Å². The van der Waals surface area contributed by atoms with Crippen LogP contribution in [0.2, 0.25) is 5.02 Å². The lowest BCUT2D eigenvalue weighted by atomic mass is 10.0. The van der Waals surface area contributed by atoms with Gasteiger partial charge in [-0.3, -0.25) is 9.13 Å². The minimum atomic E-state index is 0.158. The molecule has 3 aromatic carbocycles. The predicted octanol–water partition coefficient (Wildman–Crippen LogP) is 7.14. The fourth-order valence-corrected chi connectivity index (χ4v) is 6.02. The molecule has 0 spiro atoms. The Morgan fingerprint density at radius 1 is 0.703 bits per heavy atom. The number of para-hydroxylation sites is 2. The Balaban J connectivity index is 1.16. The molecule has 2 heterocycles. The van der Waals surface area contributed by atoms with Crippen LogP contribution in [0.5, 0.6) is 0 Å². The van der Waals surface area contributed by atoms with Crippen LogP contribution in [0.25, 0.3) is 11.0 Å². The van der Waals surface area contributed by atoms with Gasteiger partial charge in [0.05, 0.1) is 11.0 Å². The molecule has 1 fully saturated rings. The number of halogens is 1. The maximum absolute atomic E-state index is 13.6. The molecule has 0 radical (unpaired) electrons. The van der Waals surface area contributed by atoms with E-state index in [1.54, 1.807) is 0 Å². The van der Waals surface area contributed by atoms with E-state index in [0.29, 0.717) is 0 Å². The van der Waals surface area contributed by atoms with Gasteiger partial charge in [-0.25, -0.2) is 4.79 Å². The van der Waals surface area contributed by atoms with E-state index >= 15 is 0 Å². The number of aromatic nitrogens is 2. The van der Waals surface area contributed by atoms with Crippen molar-refractivity contribution in [2.75, 3.05) is 19.6 Å². The monoisotopic (exact) mass is 515 g/mol. The van der Waals surface area contributed by atoms with E-state index in [1.165, 1.54) is 24.0 Å². The number of hydrogen-bond donors (Lipinski definition) is 0. The van der Waals surface area contributed by atoms with Crippen molar-refractivity contribution in [3.8, 4) is 0 Å². The lowest BCUT2D eigenvalue weighted by Crippen LogP contribution is -2.38. The molecule has 4 aromatic rings. The molecular formula is C32H38ClN3O. The van der Waals surface area contributed by atoms with Gasteiger partial charge in [-0.2, -0.15) is 0 Å². The average Bonchev–Trinajstić information content (AvgIpc) is 3.21. The van der Waals surface area contributed by atoms with Crippen molar-refractivity contribution in [2.45, 2.75) is 64.0 Å². The van der Waals surface area contributed by atoms with Gasteiger partial charge in [-0.15, -0.1) is 0 Å². The Morgan fingerprint density at radius 3 is 2.11 bits per heavy atom. The summed E-state index contributed by atoms with van der Waals surface area (Å²) >= 11 is 6.13. The maximum atomic E-state index is 13.6. The number of nitrogens with zero attached hydrogens (tertiary/aromatic N) is 3. The zero-order chi connectivity index (χ0) is 25.5. The number of piperidine rings is 1. The molecule has 0 aliphatic carbocycles. The third-order valence-corrected chi connectivity index (χ3v) is 8.05. The molecule has 0 N–H and O–H groups in total. The summed E-state index contributed by atoms with van der Waals surface area (Å²) in [6.07, 6.45) is 8.70. The van der Waals surface area contributed by atoms with Crippen molar-refractivity contribution < 1.29 is 0 Å². The second kappa shape index (κ2) is 12.6. The van der Waals surface area contributed by atoms with Gasteiger partial charge in [0.2, 0.25) is 0 Å². The third-order valence-electron chi connectivity index (χ3n) is 7.81. The lowest BCUT2D eigenvalue weighted by molar-refractivity contribution is 0.183. The van der Waals surface area contributed by atoms with Crippen LogP contribution in [0.4, 0.5) is 0 Å². The molecule has 37 heavy (non-hydrogen) atoms. The molecule has 1 aromatic heterocycles. The molecule has 0 atom stereocenters. The summed E-state index contributed by atoms with van der Waals surface area (Å²) in [5, 5.41) is 0.787. The van der Waals surface area contributed by atoms with Crippen molar-refractivity contribution in [2.24, 2.45) is 0 Å². The Kier molecular flexibility index (Phi) is 8.80. The summed E-state index contributed by atoms with van der Waals surface area (Å²) < 4.78 is 4.10. The number of rotatable bonds is 11. The highest BCUT2D eigenvalue weighted by Crippen LogP contribution is 2.26. The minimum absolute atomic E-state index is 0.158. The first kappa shape index (κ1) is 25.8. The normalized spacial score (nSPS) is 14.9. The Hall–Kier alpha value is -2.82. The zero-order valence-corrected chi connectivity index (χ0v) is 22.5. The van der Waals surface area contributed by atoms with E-state index in [0.717, 1.165) is 80.8 Å². The van der Waals surface area contributed by atoms with Gasteiger partial charge in [0.25, 0.3) is 0 Å². The number of hydrogen-bond acceptors (Lipinski definition) is 2. The van der Waals surface area contributed by atoms with E-state index in [1.807, 2.05) is 28.8 Å². The molecule has 1 aliphatic heterocycles. The Bertz CT molecular complexity index is 1340. The van der Waals surface area contributed by atoms with E-state index in [9.17, 15) is 4.79 Å². The summed E-state index contributed by atoms with van der Waals surface area (Å²) in [5.41, 5.74) is 5.00. The molecule has 0 bridgehead atoms. The van der Waals surface area contributed by atoms with Gasteiger partial charge in [0, 0.05) is 30.7 Å². The number of benzene rings is 3. The highest BCUT2D eigenvalue weighted by molar-refractivity contribution is 6.30. The van der Waals surface area contributed by atoms with Crippen LogP contribution < -0.4 is 5.69 Å². The Morgan fingerprint density at radius 2 is 1.35 bits per heavy atom. The molecule has 0 amide bonds. The largest absolute Gasteiger partial charge is 0.329 e. The van der Waals surface area contributed by atoms with Crippen LogP contribution >= 0.6 is 11.6 Å². The average molecular weight is 516 g/mol. The van der Waals surface area contributed by atoms with Gasteiger partial charge in [0.1, 0.15) is 0 Å². The van der Waals surface area contributed by atoms with E-state index in [2.05, 4.69) is 64.1 Å². The summed E-state index contributed by atoms with van der Waals surface area (Å²) in [4.78, 5) is 16.2. The van der Waals surface area contributed by atoms with Crippen molar-refractivity contribution in [3.05, 3.63) is 105 Å². The first-order chi connectivity index (χ1) is 18.2. The fraction of sp³-hybridized carbons (Fsp3) is 0.406. The fourth-order valence-electron chi connectivity index (χ4n) is 5.80. The Labute approximate surface area is 225 Å². The van der Waals surface area contributed by atoms with Crippen molar-refractivity contribution in [3.63, 3.8) is 0 Å². The van der Waals surface area contributed by atoms with Gasteiger partial charge in [0.15, 0.2) is 0 Å². The highest BCUT2D eigenvalue weighted by Gasteiger charge is 2.24. The van der Waals surface area contributed by atoms with E-state index < -0.39 is 0 Å². The van der Waals surface area contributed by atoms with Gasteiger partial charge < -0.3 is 4.90 Å². The number of aryl methyl sites for hydroxylation is 3. The molecule has 194 valence electrons. The second-order valence-electron chi connectivity index (χ2n) is 10.4. The lowest BCUT2D eigenvalue weighted by Gasteiger charge is -2.32. The minimum Gasteiger partial charge on any atom is -0.303 e. The number of imidazole rings is 1.